The topological polar surface area (TPSA) is 208 Å². The molecule has 0 spiro atoms. The summed E-state index contributed by atoms with van der Waals surface area (Å²) in [6, 6.07) is 11.1. The molecule has 14 nitrogen and oxygen atoms in total. The molecular formula is C14H12N10O4S2. The molecule has 154 valence electrons. The van der Waals surface area contributed by atoms with E-state index in [1.54, 1.807) is 0 Å². The summed E-state index contributed by atoms with van der Waals surface area (Å²) in [7, 11) is -7.70. The minimum Gasteiger partial charge on any atom is -0.225 e. The third kappa shape index (κ3) is 3.66. The first-order chi connectivity index (χ1) is 14.1. The van der Waals surface area contributed by atoms with E-state index < -0.39 is 20.0 Å². The SMILES string of the molecule is NS(=O)(=O)c1ccc(-n2nnnc2-c2nnnn2-c2ccc(S(N)(=O)=O)cc2)cc1. The lowest BCUT2D eigenvalue weighted by Gasteiger charge is -2.07. The van der Waals surface area contributed by atoms with E-state index in [9.17, 15) is 16.8 Å². The summed E-state index contributed by atoms with van der Waals surface area (Å²) in [4.78, 5) is -0.138. The molecule has 0 fully saturated rings. The Labute approximate surface area is 169 Å². The molecule has 2 aromatic carbocycles. The number of primary sulfonamides is 2. The van der Waals surface area contributed by atoms with Gasteiger partial charge in [-0.3, -0.25) is 0 Å². The fraction of sp³-hybridized carbons (Fsp3) is 0. The van der Waals surface area contributed by atoms with Crippen LogP contribution < -0.4 is 10.3 Å². The highest BCUT2D eigenvalue weighted by molar-refractivity contribution is 7.89. The summed E-state index contributed by atoms with van der Waals surface area (Å²) in [5.41, 5.74) is 0.864. The molecule has 2 heterocycles. The van der Waals surface area contributed by atoms with Gasteiger partial charge in [-0.15, -0.1) is 10.2 Å². The van der Waals surface area contributed by atoms with Crippen LogP contribution in [0.25, 0.3) is 23.0 Å². The van der Waals surface area contributed by atoms with Crippen LogP contribution in [0.5, 0.6) is 0 Å². The second-order valence-electron chi connectivity index (χ2n) is 5.91. The molecule has 30 heavy (non-hydrogen) atoms. The van der Waals surface area contributed by atoms with Crippen LogP contribution in [0.4, 0.5) is 0 Å². The standard InChI is InChI=1S/C14H12N10O4S2/c15-29(25,26)11-5-1-9(2-6-11)23-13(17-19-21-23)14-18-20-22-24(14)10-3-7-12(8-4-10)30(16,27)28/h1-8H,(H2,15,25,26)(H2,16,27,28). The maximum absolute atomic E-state index is 11.4. The van der Waals surface area contributed by atoms with Crippen molar-refractivity contribution in [3.8, 4) is 23.0 Å². The Balaban J connectivity index is 1.75. The summed E-state index contributed by atoms with van der Waals surface area (Å²) in [6.07, 6.45) is 0. The maximum atomic E-state index is 11.4. The molecule has 16 heteroatoms. The third-order valence-electron chi connectivity index (χ3n) is 3.96. The van der Waals surface area contributed by atoms with Gasteiger partial charge in [0, 0.05) is 0 Å². The van der Waals surface area contributed by atoms with Crippen molar-refractivity contribution in [1.29, 1.82) is 0 Å². The first-order valence-corrected chi connectivity index (χ1v) is 11.1. The van der Waals surface area contributed by atoms with Crippen molar-refractivity contribution in [3.05, 3.63) is 48.5 Å². The summed E-state index contributed by atoms with van der Waals surface area (Å²) >= 11 is 0. The number of aromatic nitrogens is 8. The average Bonchev–Trinajstić information content (AvgIpc) is 3.36. The van der Waals surface area contributed by atoms with E-state index in [0.29, 0.717) is 11.4 Å². The smallest absolute Gasteiger partial charge is 0.225 e. The summed E-state index contributed by atoms with van der Waals surface area (Å²) in [6.45, 7) is 0. The van der Waals surface area contributed by atoms with Crippen LogP contribution in [0.15, 0.2) is 58.3 Å². The zero-order valence-corrected chi connectivity index (χ0v) is 16.4. The molecule has 0 saturated carbocycles. The highest BCUT2D eigenvalue weighted by Crippen LogP contribution is 2.21. The minimum absolute atomic E-state index is 0.0688. The number of nitrogens with two attached hydrogens (primary N) is 2. The van der Waals surface area contributed by atoms with Gasteiger partial charge in [0.05, 0.1) is 21.2 Å². The molecule has 0 aliphatic heterocycles. The fourth-order valence-corrected chi connectivity index (χ4v) is 3.59. The van der Waals surface area contributed by atoms with E-state index in [2.05, 4.69) is 31.1 Å². The molecule has 4 rings (SSSR count). The van der Waals surface area contributed by atoms with Crippen LogP contribution in [0.2, 0.25) is 0 Å². The van der Waals surface area contributed by atoms with Crippen molar-refractivity contribution in [1.82, 2.24) is 40.4 Å². The Bertz CT molecular complexity index is 1310. The second kappa shape index (κ2) is 7.02. The molecule has 0 unspecified atom stereocenters. The predicted octanol–water partition coefficient (Wildman–Crippen LogP) is -1.40. The van der Waals surface area contributed by atoms with Crippen molar-refractivity contribution in [3.63, 3.8) is 0 Å². The van der Waals surface area contributed by atoms with Crippen LogP contribution in [0.1, 0.15) is 0 Å². The largest absolute Gasteiger partial charge is 0.238 e. The van der Waals surface area contributed by atoms with Gasteiger partial charge in [-0.2, -0.15) is 9.36 Å². The summed E-state index contributed by atoms with van der Waals surface area (Å²) < 4.78 is 48.3. The van der Waals surface area contributed by atoms with Crippen LogP contribution in [0.3, 0.4) is 0 Å². The normalized spacial score (nSPS) is 12.2. The number of hydrogen-bond donors (Lipinski definition) is 2. The molecule has 0 aliphatic rings. The molecule has 0 aliphatic carbocycles. The van der Waals surface area contributed by atoms with Crippen LogP contribution in [0, 0.1) is 0 Å². The summed E-state index contributed by atoms with van der Waals surface area (Å²) in [5.74, 6) is 0.303. The van der Waals surface area contributed by atoms with Gasteiger partial charge >= 0.3 is 0 Å². The predicted molar refractivity (Wildman–Crippen MR) is 100 cm³/mol. The number of benzene rings is 2. The molecule has 0 saturated heterocycles. The lowest BCUT2D eigenvalue weighted by molar-refractivity contribution is 0.596. The zero-order valence-electron chi connectivity index (χ0n) is 14.8. The summed E-state index contributed by atoms with van der Waals surface area (Å²) in [5, 5.41) is 33.1. The second-order valence-corrected chi connectivity index (χ2v) is 9.03. The number of sulfonamides is 2. The van der Waals surface area contributed by atoms with E-state index in [0.717, 1.165) is 0 Å². The van der Waals surface area contributed by atoms with Gasteiger partial charge < -0.3 is 0 Å². The molecule has 0 radical (unpaired) electrons. The van der Waals surface area contributed by atoms with Gasteiger partial charge in [-0.1, -0.05) is 0 Å². The molecule has 0 atom stereocenters. The van der Waals surface area contributed by atoms with Crippen molar-refractivity contribution in [2.75, 3.05) is 0 Å². The monoisotopic (exact) mass is 448 g/mol. The minimum atomic E-state index is -3.85. The lowest BCUT2D eigenvalue weighted by Crippen LogP contribution is -2.12. The molecule has 4 N–H and O–H groups in total. The van der Waals surface area contributed by atoms with Crippen molar-refractivity contribution in [2.45, 2.75) is 9.79 Å². The van der Waals surface area contributed by atoms with E-state index in [1.165, 1.54) is 57.9 Å². The fourth-order valence-electron chi connectivity index (χ4n) is 2.55. The first-order valence-electron chi connectivity index (χ1n) is 7.98. The molecule has 4 aromatic rings. The molecule has 2 aromatic heterocycles. The van der Waals surface area contributed by atoms with E-state index >= 15 is 0 Å². The highest BCUT2D eigenvalue weighted by Gasteiger charge is 2.20. The van der Waals surface area contributed by atoms with Crippen molar-refractivity contribution >= 4 is 20.0 Å². The molecule has 0 bridgehead atoms. The zero-order chi connectivity index (χ0) is 21.5. The van der Waals surface area contributed by atoms with Gasteiger partial charge in [-0.05, 0) is 69.4 Å². The van der Waals surface area contributed by atoms with Crippen molar-refractivity contribution in [2.24, 2.45) is 10.3 Å². The van der Waals surface area contributed by atoms with Gasteiger partial charge in [0.25, 0.3) is 0 Å². The van der Waals surface area contributed by atoms with Gasteiger partial charge in [-0.25, -0.2) is 27.1 Å². The van der Waals surface area contributed by atoms with Gasteiger partial charge in [0.1, 0.15) is 0 Å². The lowest BCUT2D eigenvalue weighted by atomic mass is 10.3. The van der Waals surface area contributed by atoms with Crippen molar-refractivity contribution < 1.29 is 16.8 Å². The Morgan fingerprint density at radius 2 is 0.933 bits per heavy atom. The number of rotatable bonds is 5. The van der Waals surface area contributed by atoms with Crippen LogP contribution in [-0.2, 0) is 20.0 Å². The highest BCUT2D eigenvalue weighted by atomic mass is 32.2. The number of tetrazole rings is 2. The Hall–Kier alpha value is -3.60. The molecular weight excluding hydrogens is 436 g/mol. The van der Waals surface area contributed by atoms with Gasteiger partial charge in [0.15, 0.2) is 0 Å². The Kier molecular flexibility index (Phi) is 4.61. The van der Waals surface area contributed by atoms with E-state index in [1.807, 2.05) is 0 Å². The van der Waals surface area contributed by atoms with Gasteiger partial charge in [0.2, 0.25) is 31.7 Å². The van der Waals surface area contributed by atoms with E-state index in [4.69, 9.17) is 10.3 Å². The first kappa shape index (κ1) is 19.7. The van der Waals surface area contributed by atoms with Crippen LogP contribution in [-0.4, -0.2) is 57.3 Å². The average molecular weight is 448 g/mol. The quantitative estimate of drug-likeness (QED) is 0.365. The Morgan fingerprint density at radius 3 is 1.23 bits per heavy atom. The third-order valence-corrected chi connectivity index (χ3v) is 5.82. The Morgan fingerprint density at radius 1 is 0.600 bits per heavy atom. The maximum Gasteiger partial charge on any atom is 0.238 e. The number of hydrogen-bond acceptors (Lipinski definition) is 10. The molecule has 0 amide bonds. The van der Waals surface area contributed by atoms with E-state index in [-0.39, 0.29) is 21.4 Å². The van der Waals surface area contributed by atoms with Crippen LogP contribution >= 0.6 is 0 Å². The number of nitrogens with zero attached hydrogens (tertiary/aromatic N) is 8.